The molecule has 2 aromatic carbocycles. The second-order valence-corrected chi connectivity index (χ2v) is 5.78. The second kappa shape index (κ2) is 6.45. The summed E-state index contributed by atoms with van der Waals surface area (Å²) in [6.45, 7) is 4.50. The molecule has 2 heteroatoms. The Morgan fingerprint density at radius 3 is 1.63 bits per heavy atom. The first kappa shape index (κ1) is 14.4. The van der Waals surface area contributed by atoms with Crippen LogP contribution in [-0.4, -0.2) is 0 Å². The highest BCUT2D eigenvalue weighted by Crippen LogP contribution is 2.35. The van der Waals surface area contributed by atoms with Crippen molar-refractivity contribution in [1.29, 1.82) is 0 Å². The number of rotatable bonds is 4. The molecule has 0 aromatic heterocycles. The molecule has 0 aliphatic carbocycles. The second-order valence-electron chi connectivity index (χ2n) is 4.91. The van der Waals surface area contributed by atoms with Crippen LogP contribution in [0, 0.1) is 0 Å². The highest BCUT2D eigenvalue weighted by molar-refractivity contribution is 6.30. The van der Waals surface area contributed by atoms with Crippen LogP contribution in [0.5, 0.6) is 0 Å². The maximum atomic E-state index is 5.96. The molecule has 0 heterocycles. The lowest BCUT2D eigenvalue weighted by atomic mass is 9.81. The Kier molecular flexibility index (Phi) is 4.90. The van der Waals surface area contributed by atoms with E-state index in [9.17, 15) is 0 Å². The van der Waals surface area contributed by atoms with Crippen molar-refractivity contribution >= 4 is 23.2 Å². The van der Waals surface area contributed by atoms with E-state index in [-0.39, 0.29) is 0 Å². The lowest BCUT2D eigenvalue weighted by Gasteiger charge is -2.24. The topological polar surface area (TPSA) is 0 Å². The van der Waals surface area contributed by atoms with Crippen molar-refractivity contribution in [3.8, 4) is 0 Å². The van der Waals surface area contributed by atoms with Crippen LogP contribution in [0.2, 0.25) is 10.0 Å². The summed E-state index contributed by atoms with van der Waals surface area (Å²) in [7, 11) is 0. The van der Waals surface area contributed by atoms with Crippen LogP contribution in [0.1, 0.15) is 43.2 Å². The zero-order chi connectivity index (χ0) is 13.8. The Hall–Kier alpha value is -0.980. The molecular weight excluding hydrogens is 275 g/mol. The van der Waals surface area contributed by atoms with Gasteiger partial charge in [0.1, 0.15) is 0 Å². The lowest BCUT2D eigenvalue weighted by Crippen LogP contribution is -2.07. The first-order valence-corrected chi connectivity index (χ1v) is 7.38. The molecule has 0 N–H and O–H groups in total. The summed E-state index contributed by atoms with van der Waals surface area (Å²) in [5.74, 6) is 0.960. The summed E-state index contributed by atoms with van der Waals surface area (Å²) in [6, 6.07) is 16.3. The van der Waals surface area contributed by atoms with Gasteiger partial charge in [0.15, 0.2) is 0 Å². The monoisotopic (exact) mass is 292 g/mol. The minimum absolute atomic E-state index is 0.462. The fraction of sp³-hybridized carbons (Fsp3) is 0.294. The molecule has 2 rings (SSSR count). The van der Waals surface area contributed by atoms with Crippen LogP contribution < -0.4 is 0 Å². The van der Waals surface area contributed by atoms with Crippen LogP contribution in [0.25, 0.3) is 0 Å². The molecule has 100 valence electrons. The van der Waals surface area contributed by atoms with Crippen molar-refractivity contribution in [2.45, 2.75) is 32.1 Å². The van der Waals surface area contributed by atoms with E-state index in [1.807, 2.05) is 24.3 Å². The molecule has 0 bridgehead atoms. The smallest absolute Gasteiger partial charge is 0.0406 e. The fourth-order valence-corrected chi connectivity index (χ4v) is 2.84. The van der Waals surface area contributed by atoms with Gasteiger partial charge in [-0.15, -0.1) is 0 Å². The largest absolute Gasteiger partial charge is 0.0843 e. The van der Waals surface area contributed by atoms with Crippen LogP contribution in [0.4, 0.5) is 0 Å². The highest BCUT2D eigenvalue weighted by Gasteiger charge is 2.19. The summed E-state index contributed by atoms with van der Waals surface area (Å²) in [5.41, 5.74) is 2.67. The van der Waals surface area contributed by atoms with Gasteiger partial charge in [0.25, 0.3) is 0 Å². The lowest BCUT2D eigenvalue weighted by molar-refractivity contribution is 0.559. The van der Waals surface area contributed by atoms with Gasteiger partial charge in [-0.05, 0) is 53.6 Å². The van der Waals surface area contributed by atoms with Crippen molar-refractivity contribution in [3.05, 3.63) is 69.7 Å². The maximum absolute atomic E-state index is 5.96. The number of hydrogen-bond donors (Lipinski definition) is 0. The molecule has 0 amide bonds. The molecule has 0 nitrogen and oxygen atoms in total. The van der Waals surface area contributed by atoms with Gasteiger partial charge in [0.2, 0.25) is 0 Å². The predicted octanol–water partition coefficient (Wildman–Crippen LogP) is 6.29. The van der Waals surface area contributed by atoms with Crippen molar-refractivity contribution in [1.82, 2.24) is 0 Å². The van der Waals surface area contributed by atoms with Gasteiger partial charge in [0.05, 0.1) is 0 Å². The van der Waals surface area contributed by atoms with Gasteiger partial charge >= 0.3 is 0 Å². The molecule has 0 aliphatic rings. The van der Waals surface area contributed by atoms with E-state index in [2.05, 4.69) is 38.1 Å². The molecule has 0 saturated heterocycles. The van der Waals surface area contributed by atoms with E-state index in [1.165, 1.54) is 11.1 Å². The quantitative estimate of drug-likeness (QED) is 0.621. The Morgan fingerprint density at radius 1 is 0.789 bits per heavy atom. The first-order chi connectivity index (χ1) is 9.11. The zero-order valence-corrected chi connectivity index (χ0v) is 12.7. The van der Waals surface area contributed by atoms with Crippen LogP contribution >= 0.6 is 23.2 Å². The Bertz CT molecular complexity index is 514. The molecule has 2 aromatic rings. The average molecular weight is 293 g/mol. The Balaban J connectivity index is 2.26. The van der Waals surface area contributed by atoms with E-state index >= 15 is 0 Å². The van der Waals surface area contributed by atoms with Crippen LogP contribution in [0.15, 0.2) is 48.5 Å². The summed E-state index contributed by atoms with van der Waals surface area (Å²) in [6.07, 6.45) is 1.10. The van der Waals surface area contributed by atoms with Gasteiger partial charge in [-0.2, -0.15) is 0 Å². The van der Waals surface area contributed by atoms with Crippen molar-refractivity contribution < 1.29 is 0 Å². The summed E-state index contributed by atoms with van der Waals surface area (Å²) in [4.78, 5) is 0. The Labute approximate surface area is 125 Å². The van der Waals surface area contributed by atoms with Gasteiger partial charge in [-0.1, -0.05) is 61.3 Å². The molecule has 0 fully saturated rings. The van der Waals surface area contributed by atoms with E-state index < -0.39 is 0 Å². The normalized spacial score (nSPS) is 14.1. The van der Waals surface area contributed by atoms with Gasteiger partial charge < -0.3 is 0 Å². The molecule has 2 atom stereocenters. The molecular formula is C17H18Cl2. The van der Waals surface area contributed by atoms with E-state index in [0.717, 1.165) is 16.5 Å². The molecule has 0 spiro atoms. The predicted molar refractivity (Wildman–Crippen MR) is 84.4 cm³/mol. The Morgan fingerprint density at radius 2 is 1.21 bits per heavy atom. The van der Waals surface area contributed by atoms with E-state index in [0.29, 0.717) is 11.8 Å². The standard InChI is InChI=1S/C17H18Cl2/c1-3-17(14-6-10-16(19)11-7-14)12(2)13-4-8-15(18)9-5-13/h4-12,17H,3H2,1-2H3. The fourth-order valence-electron chi connectivity index (χ4n) is 2.59. The molecule has 0 saturated carbocycles. The van der Waals surface area contributed by atoms with Crippen molar-refractivity contribution in [3.63, 3.8) is 0 Å². The van der Waals surface area contributed by atoms with Crippen LogP contribution in [-0.2, 0) is 0 Å². The summed E-state index contributed by atoms with van der Waals surface area (Å²) in [5, 5.41) is 1.58. The number of hydrogen-bond acceptors (Lipinski definition) is 0. The van der Waals surface area contributed by atoms with E-state index in [1.54, 1.807) is 0 Å². The summed E-state index contributed by atoms with van der Waals surface area (Å²) >= 11 is 11.9. The zero-order valence-electron chi connectivity index (χ0n) is 11.2. The molecule has 0 radical (unpaired) electrons. The van der Waals surface area contributed by atoms with Gasteiger partial charge in [-0.25, -0.2) is 0 Å². The van der Waals surface area contributed by atoms with Gasteiger partial charge in [0, 0.05) is 10.0 Å². The SMILES string of the molecule is CCC(c1ccc(Cl)cc1)C(C)c1ccc(Cl)cc1. The third-order valence-corrected chi connectivity index (χ3v) is 4.24. The van der Waals surface area contributed by atoms with Gasteiger partial charge in [-0.3, -0.25) is 0 Å². The number of benzene rings is 2. The third-order valence-electron chi connectivity index (χ3n) is 3.74. The molecule has 19 heavy (non-hydrogen) atoms. The van der Waals surface area contributed by atoms with Crippen molar-refractivity contribution in [2.24, 2.45) is 0 Å². The highest BCUT2D eigenvalue weighted by atomic mass is 35.5. The van der Waals surface area contributed by atoms with Crippen molar-refractivity contribution in [2.75, 3.05) is 0 Å². The average Bonchev–Trinajstić information content (AvgIpc) is 2.42. The first-order valence-electron chi connectivity index (χ1n) is 6.62. The summed E-state index contributed by atoms with van der Waals surface area (Å²) < 4.78 is 0. The van der Waals surface area contributed by atoms with E-state index in [4.69, 9.17) is 23.2 Å². The maximum Gasteiger partial charge on any atom is 0.0406 e. The third kappa shape index (κ3) is 3.52. The minimum Gasteiger partial charge on any atom is -0.0843 e. The minimum atomic E-state index is 0.462. The number of halogens is 2. The van der Waals surface area contributed by atoms with Crippen LogP contribution in [0.3, 0.4) is 0 Å². The molecule has 2 unspecified atom stereocenters. The molecule has 0 aliphatic heterocycles.